The molecule has 0 spiro atoms. The molecule has 116 valence electrons. The van der Waals surface area contributed by atoms with Crippen molar-refractivity contribution in [2.24, 2.45) is 10.9 Å². The number of nitrogens with zero attached hydrogens (tertiary/aromatic N) is 2. The number of carbonyl (C=O) groups excluding carboxylic acids is 1. The third-order valence-corrected chi connectivity index (χ3v) is 4.09. The van der Waals surface area contributed by atoms with Gasteiger partial charge in [-0.05, 0) is 31.2 Å². The summed E-state index contributed by atoms with van der Waals surface area (Å²) >= 11 is 0. The van der Waals surface area contributed by atoms with Gasteiger partial charge in [-0.1, -0.05) is 5.16 Å². The molecule has 0 bridgehead atoms. The largest absolute Gasteiger partial charge is 0.409 e. The standard InChI is InChI=1S/C13H19N3O4S/c1-3-16(9-8-12(14)15-18)13(17)10-4-6-11(7-5-10)21(2,19)20/h4-7,18H,3,8-9H2,1-2H3,(H2,14,15). The minimum atomic E-state index is -3.28. The monoisotopic (exact) mass is 313 g/mol. The quantitative estimate of drug-likeness (QED) is 0.347. The van der Waals surface area contributed by atoms with E-state index < -0.39 is 9.84 Å². The number of carbonyl (C=O) groups is 1. The van der Waals surface area contributed by atoms with Crippen LogP contribution in [0.5, 0.6) is 0 Å². The zero-order valence-electron chi connectivity index (χ0n) is 12.0. The van der Waals surface area contributed by atoms with Crippen molar-refractivity contribution in [3.8, 4) is 0 Å². The summed E-state index contributed by atoms with van der Waals surface area (Å²) in [6.07, 6.45) is 1.37. The molecule has 0 aliphatic carbocycles. The topological polar surface area (TPSA) is 113 Å². The Kier molecular flexibility index (Phi) is 5.71. The van der Waals surface area contributed by atoms with Crippen LogP contribution in [0.2, 0.25) is 0 Å². The number of hydrogen-bond acceptors (Lipinski definition) is 5. The first-order valence-electron chi connectivity index (χ1n) is 6.35. The maximum atomic E-state index is 12.3. The molecule has 0 saturated carbocycles. The lowest BCUT2D eigenvalue weighted by atomic mass is 10.2. The van der Waals surface area contributed by atoms with Crippen molar-refractivity contribution < 1.29 is 18.4 Å². The van der Waals surface area contributed by atoms with Gasteiger partial charge in [0, 0.05) is 31.3 Å². The molecule has 0 aliphatic rings. The van der Waals surface area contributed by atoms with E-state index in [9.17, 15) is 13.2 Å². The second-order valence-electron chi connectivity index (χ2n) is 4.52. The van der Waals surface area contributed by atoms with Crippen LogP contribution >= 0.6 is 0 Å². The summed E-state index contributed by atoms with van der Waals surface area (Å²) in [7, 11) is -3.28. The van der Waals surface area contributed by atoms with Gasteiger partial charge in [0.15, 0.2) is 9.84 Å². The molecule has 0 unspecified atom stereocenters. The Morgan fingerprint density at radius 2 is 1.90 bits per heavy atom. The Balaban J connectivity index is 2.85. The highest BCUT2D eigenvalue weighted by atomic mass is 32.2. The van der Waals surface area contributed by atoms with E-state index in [1.807, 2.05) is 6.92 Å². The number of benzene rings is 1. The van der Waals surface area contributed by atoms with Gasteiger partial charge in [0.2, 0.25) is 0 Å². The molecular formula is C13H19N3O4S. The van der Waals surface area contributed by atoms with Gasteiger partial charge in [-0.15, -0.1) is 0 Å². The summed E-state index contributed by atoms with van der Waals surface area (Å²) in [6, 6.07) is 5.76. The van der Waals surface area contributed by atoms with E-state index in [2.05, 4.69) is 5.16 Å². The highest BCUT2D eigenvalue weighted by molar-refractivity contribution is 7.90. The zero-order valence-corrected chi connectivity index (χ0v) is 12.8. The summed E-state index contributed by atoms with van der Waals surface area (Å²) in [5.74, 6) is -0.183. The molecule has 0 aliphatic heterocycles. The van der Waals surface area contributed by atoms with Gasteiger partial charge < -0.3 is 15.8 Å². The molecule has 1 amide bonds. The van der Waals surface area contributed by atoms with Crippen molar-refractivity contribution in [3.63, 3.8) is 0 Å². The van der Waals surface area contributed by atoms with Crippen molar-refractivity contribution in [3.05, 3.63) is 29.8 Å². The second kappa shape index (κ2) is 7.07. The predicted octanol–water partition coefficient (Wildman–Crippen LogP) is 0.689. The lowest BCUT2D eigenvalue weighted by molar-refractivity contribution is 0.0768. The van der Waals surface area contributed by atoms with Crippen LogP contribution in [-0.4, -0.2) is 49.6 Å². The van der Waals surface area contributed by atoms with E-state index in [1.54, 1.807) is 0 Å². The van der Waals surface area contributed by atoms with Crippen LogP contribution in [0, 0.1) is 0 Å². The Hall–Kier alpha value is -2.09. The molecule has 1 aromatic rings. The molecule has 7 nitrogen and oxygen atoms in total. The molecule has 0 fully saturated rings. The van der Waals surface area contributed by atoms with Crippen LogP contribution in [0.25, 0.3) is 0 Å². The van der Waals surface area contributed by atoms with E-state index in [0.29, 0.717) is 18.7 Å². The molecule has 3 N–H and O–H groups in total. The minimum absolute atomic E-state index is 0.0497. The molecule has 8 heteroatoms. The van der Waals surface area contributed by atoms with Gasteiger partial charge in [-0.2, -0.15) is 0 Å². The third-order valence-electron chi connectivity index (χ3n) is 2.96. The van der Waals surface area contributed by atoms with Crippen molar-refractivity contribution in [2.75, 3.05) is 19.3 Å². The average molecular weight is 313 g/mol. The number of nitrogens with two attached hydrogens (primary N) is 1. The SMILES string of the molecule is CCN(CCC(N)=NO)C(=O)c1ccc(S(C)(=O)=O)cc1. The fourth-order valence-electron chi connectivity index (χ4n) is 1.73. The smallest absolute Gasteiger partial charge is 0.253 e. The molecule has 0 atom stereocenters. The van der Waals surface area contributed by atoms with Gasteiger partial charge in [-0.25, -0.2) is 8.42 Å². The van der Waals surface area contributed by atoms with Gasteiger partial charge in [0.05, 0.1) is 4.90 Å². The van der Waals surface area contributed by atoms with Crippen LogP contribution in [0.4, 0.5) is 0 Å². The van der Waals surface area contributed by atoms with Gasteiger partial charge in [-0.3, -0.25) is 4.79 Å². The number of amides is 1. The fourth-order valence-corrected chi connectivity index (χ4v) is 2.36. The van der Waals surface area contributed by atoms with Gasteiger partial charge >= 0.3 is 0 Å². The lowest BCUT2D eigenvalue weighted by Crippen LogP contribution is -2.33. The Morgan fingerprint density at radius 3 is 2.33 bits per heavy atom. The predicted molar refractivity (Wildman–Crippen MR) is 79.2 cm³/mol. The number of oxime groups is 1. The first kappa shape index (κ1) is 17.0. The number of hydrogen-bond donors (Lipinski definition) is 2. The molecule has 0 radical (unpaired) electrons. The Labute approximate surface area is 124 Å². The first-order valence-corrected chi connectivity index (χ1v) is 8.24. The van der Waals surface area contributed by atoms with Crippen LogP contribution in [0.3, 0.4) is 0 Å². The fraction of sp³-hybridized carbons (Fsp3) is 0.385. The minimum Gasteiger partial charge on any atom is -0.409 e. The van der Waals surface area contributed by atoms with E-state index in [0.717, 1.165) is 6.26 Å². The van der Waals surface area contributed by atoms with E-state index >= 15 is 0 Å². The Bertz CT molecular complexity index is 623. The van der Waals surface area contributed by atoms with E-state index in [1.165, 1.54) is 29.2 Å². The second-order valence-corrected chi connectivity index (χ2v) is 6.54. The lowest BCUT2D eigenvalue weighted by Gasteiger charge is -2.20. The molecule has 0 aromatic heterocycles. The zero-order chi connectivity index (χ0) is 16.0. The third kappa shape index (κ3) is 4.75. The average Bonchev–Trinajstić information content (AvgIpc) is 2.46. The summed E-state index contributed by atoms with van der Waals surface area (Å²) in [5, 5.41) is 11.3. The molecule has 0 saturated heterocycles. The summed E-state index contributed by atoms with van der Waals surface area (Å²) in [5.41, 5.74) is 5.77. The first-order chi connectivity index (χ1) is 9.79. The van der Waals surface area contributed by atoms with Crippen LogP contribution in [0.15, 0.2) is 34.3 Å². The normalized spacial score (nSPS) is 12.2. The summed E-state index contributed by atoms with van der Waals surface area (Å²) in [4.78, 5) is 14.0. The van der Waals surface area contributed by atoms with Crippen molar-refractivity contribution >= 4 is 21.6 Å². The number of rotatable bonds is 6. The molecule has 1 rings (SSSR count). The molecule has 0 heterocycles. The maximum Gasteiger partial charge on any atom is 0.253 e. The number of sulfone groups is 1. The molecule has 21 heavy (non-hydrogen) atoms. The highest BCUT2D eigenvalue weighted by Crippen LogP contribution is 2.12. The van der Waals surface area contributed by atoms with Crippen LogP contribution in [0.1, 0.15) is 23.7 Å². The maximum absolute atomic E-state index is 12.3. The van der Waals surface area contributed by atoms with Crippen LogP contribution < -0.4 is 5.73 Å². The van der Waals surface area contributed by atoms with Crippen LogP contribution in [-0.2, 0) is 9.84 Å². The van der Waals surface area contributed by atoms with Gasteiger partial charge in [0.25, 0.3) is 5.91 Å². The van der Waals surface area contributed by atoms with Crippen molar-refractivity contribution in [2.45, 2.75) is 18.2 Å². The molecule has 1 aromatic carbocycles. The van der Waals surface area contributed by atoms with E-state index in [-0.39, 0.29) is 23.1 Å². The molecular weight excluding hydrogens is 294 g/mol. The van der Waals surface area contributed by atoms with E-state index in [4.69, 9.17) is 10.9 Å². The Morgan fingerprint density at radius 1 is 1.33 bits per heavy atom. The summed E-state index contributed by atoms with van der Waals surface area (Å²) in [6.45, 7) is 2.60. The highest BCUT2D eigenvalue weighted by Gasteiger charge is 2.15. The summed E-state index contributed by atoms with van der Waals surface area (Å²) < 4.78 is 22.7. The van der Waals surface area contributed by atoms with Gasteiger partial charge in [0.1, 0.15) is 5.84 Å². The number of amidine groups is 1. The van der Waals surface area contributed by atoms with Crippen molar-refractivity contribution in [1.29, 1.82) is 0 Å². The van der Waals surface area contributed by atoms with Crippen molar-refractivity contribution in [1.82, 2.24) is 4.90 Å².